The molecule has 144 valence electrons. The molecule has 3 aromatic rings. The van der Waals surface area contributed by atoms with Gasteiger partial charge in [-0.15, -0.1) is 0 Å². The fourth-order valence-corrected chi connectivity index (χ4v) is 3.20. The fraction of sp³-hybridized carbons (Fsp3) is 0.105. The quantitative estimate of drug-likeness (QED) is 0.465. The Bertz CT molecular complexity index is 1080. The lowest BCUT2D eigenvalue weighted by Crippen LogP contribution is -2.12. The standard InChI is InChI=1S/C19H18N4O4S/c20-28(26,27)16-8-6-14(7-9-16)12-13-21-18-11-10-17(23(24)25)19(22-18)15-4-2-1-3-5-15/h1-11H,12-13H2,(H,21,22)(H2,20,26,27). The van der Waals surface area contributed by atoms with E-state index in [4.69, 9.17) is 5.14 Å². The van der Waals surface area contributed by atoms with Gasteiger partial charge in [0, 0.05) is 18.2 Å². The predicted octanol–water partition coefficient (Wildman–Crippen LogP) is 2.96. The van der Waals surface area contributed by atoms with Crippen LogP contribution in [0.5, 0.6) is 0 Å². The molecule has 0 amide bonds. The SMILES string of the molecule is NS(=O)(=O)c1ccc(CCNc2ccc([N+](=O)[O-])c(-c3ccccc3)n2)cc1. The lowest BCUT2D eigenvalue weighted by molar-refractivity contribution is -0.384. The molecule has 3 N–H and O–H groups in total. The van der Waals surface area contributed by atoms with E-state index in [1.54, 1.807) is 42.5 Å². The van der Waals surface area contributed by atoms with Gasteiger partial charge < -0.3 is 5.32 Å². The lowest BCUT2D eigenvalue weighted by Gasteiger charge is -2.09. The van der Waals surface area contributed by atoms with Gasteiger partial charge in [-0.1, -0.05) is 42.5 Å². The molecule has 0 saturated heterocycles. The minimum Gasteiger partial charge on any atom is -0.370 e. The summed E-state index contributed by atoms with van der Waals surface area (Å²) in [7, 11) is -3.71. The maximum absolute atomic E-state index is 11.3. The van der Waals surface area contributed by atoms with E-state index in [1.165, 1.54) is 18.2 Å². The molecule has 0 aliphatic carbocycles. The van der Waals surface area contributed by atoms with Gasteiger partial charge in [0.15, 0.2) is 5.69 Å². The van der Waals surface area contributed by atoms with Gasteiger partial charge in [-0.05, 0) is 30.2 Å². The van der Waals surface area contributed by atoms with Gasteiger partial charge in [-0.2, -0.15) is 0 Å². The number of benzene rings is 2. The molecule has 0 fully saturated rings. The number of nitrogens with one attached hydrogen (secondary N) is 1. The zero-order valence-corrected chi connectivity index (χ0v) is 15.6. The molecule has 2 aromatic carbocycles. The predicted molar refractivity (Wildman–Crippen MR) is 106 cm³/mol. The number of sulfonamides is 1. The van der Waals surface area contributed by atoms with Crippen molar-refractivity contribution >= 4 is 21.5 Å². The number of hydrogen-bond acceptors (Lipinski definition) is 6. The fourth-order valence-electron chi connectivity index (χ4n) is 2.69. The highest BCUT2D eigenvalue weighted by molar-refractivity contribution is 7.89. The van der Waals surface area contributed by atoms with Crippen LogP contribution >= 0.6 is 0 Å². The van der Waals surface area contributed by atoms with Crippen LogP contribution in [0.15, 0.2) is 71.6 Å². The Morgan fingerprint density at radius 3 is 2.29 bits per heavy atom. The van der Waals surface area contributed by atoms with Crippen molar-refractivity contribution in [2.75, 3.05) is 11.9 Å². The summed E-state index contributed by atoms with van der Waals surface area (Å²) in [5.74, 6) is 0.519. The van der Waals surface area contributed by atoms with Crippen molar-refractivity contribution in [3.63, 3.8) is 0 Å². The molecular formula is C19H18N4O4S. The molecule has 9 heteroatoms. The summed E-state index contributed by atoms with van der Waals surface area (Å²) in [4.78, 5) is 15.3. The van der Waals surface area contributed by atoms with Gasteiger partial charge >= 0.3 is 0 Å². The summed E-state index contributed by atoms with van der Waals surface area (Å²) in [6, 6.07) is 18.3. The second-order valence-corrected chi connectivity index (χ2v) is 7.61. The van der Waals surface area contributed by atoms with E-state index < -0.39 is 14.9 Å². The molecule has 3 rings (SSSR count). The number of primary sulfonamides is 1. The number of aromatic nitrogens is 1. The average Bonchev–Trinajstić information content (AvgIpc) is 2.68. The first-order chi connectivity index (χ1) is 13.3. The third-order valence-corrected chi connectivity index (χ3v) is 5.02. The number of pyridine rings is 1. The normalized spacial score (nSPS) is 11.2. The largest absolute Gasteiger partial charge is 0.370 e. The van der Waals surface area contributed by atoms with E-state index in [0.29, 0.717) is 30.0 Å². The molecule has 0 aliphatic heterocycles. The average molecular weight is 398 g/mol. The first-order valence-electron chi connectivity index (χ1n) is 8.41. The maximum atomic E-state index is 11.3. The molecule has 0 bridgehead atoms. The van der Waals surface area contributed by atoms with Crippen molar-refractivity contribution in [1.82, 2.24) is 4.98 Å². The van der Waals surface area contributed by atoms with Crippen LogP contribution in [0, 0.1) is 10.1 Å². The van der Waals surface area contributed by atoms with Crippen LogP contribution in [0.1, 0.15) is 5.56 Å². The van der Waals surface area contributed by atoms with E-state index >= 15 is 0 Å². The maximum Gasteiger partial charge on any atom is 0.295 e. The minimum absolute atomic E-state index is 0.0599. The van der Waals surface area contributed by atoms with Crippen molar-refractivity contribution in [1.29, 1.82) is 0 Å². The molecular weight excluding hydrogens is 380 g/mol. The summed E-state index contributed by atoms with van der Waals surface area (Å²) < 4.78 is 22.6. The third-order valence-electron chi connectivity index (χ3n) is 4.09. The molecule has 0 unspecified atom stereocenters. The van der Waals surface area contributed by atoms with E-state index in [9.17, 15) is 18.5 Å². The van der Waals surface area contributed by atoms with Crippen molar-refractivity contribution in [3.8, 4) is 11.3 Å². The number of nitrogens with zero attached hydrogens (tertiary/aromatic N) is 2. The number of anilines is 1. The smallest absolute Gasteiger partial charge is 0.295 e. The Kier molecular flexibility index (Phi) is 5.67. The van der Waals surface area contributed by atoms with E-state index in [1.807, 2.05) is 6.07 Å². The number of rotatable bonds is 7. The molecule has 0 saturated carbocycles. The third kappa shape index (κ3) is 4.70. The van der Waals surface area contributed by atoms with Crippen LogP contribution in [0.25, 0.3) is 11.3 Å². The highest BCUT2D eigenvalue weighted by atomic mass is 32.2. The van der Waals surface area contributed by atoms with Gasteiger partial charge in [-0.25, -0.2) is 18.5 Å². The highest BCUT2D eigenvalue weighted by Crippen LogP contribution is 2.29. The molecule has 0 aliphatic rings. The van der Waals surface area contributed by atoms with E-state index in [2.05, 4.69) is 10.3 Å². The summed E-state index contributed by atoms with van der Waals surface area (Å²) in [5, 5.41) is 19.5. The van der Waals surface area contributed by atoms with Gasteiger partial charge in [0.25, 0.3) is 5.69 Å². The van der Waals surface area contributed by atoms with Crippen LogP contribution in [0.2, 0.25) is 0 Å². The molecule has 8 nitrogen and oxygen atoms in total. The molecule has 0 radical (unpaired) electrons. The Hall–Kier alpha value is -3.30. The van der Waals surface area contributed by atoms with Crippen LogP contribution < -0.4 is 10.5 Å². The Morgan fingerprint density at radius 2 is 1.68 bits per heavy atom. The molecule has 1 heterocycles. The first-order valence-corrected chi connectivity index (χ1v) is 9.96. The number of nitro groups is 1. The molecule has 0 atom stereocenters. The van der Waals surface area contributed by atoms with Crippen LogP contribution in [-0.4, -0.2) is 24.9 Å². The lowest BCUT2D eigenvalue weighted by atomic mass is 10.1. The second kappa shape index (κ2) is 8.15. The van der Waals surface area contributed by atoms with Crippen molar-refractivity contribution in [2.24, 2.45) is 5.14 Å². The Morgan fingerprint density at radius 1 is 1.00 bits per heavy atom. The Balaban J connectivity index is 1.72. The minimum atomic E-state index is -3.71. The molecule has 28 heavy (non-hydrogen) atoms. The summed E-state index contributed by atoms with van der Waals surface area (Å²) >= 11 is 0. The van der Waals surface area contributed by atoms with Gasteiger partial charge in [0.1, 0.15) is 5.82 Å². The van der Waals surface area contributed by atoms with E-state index in [0.717, 1.165) is 5.56 Å². The van der Waals surface area contributed by atoms with Crippen LogP contribution in [0.4, 0.5) is 11.5 Å². The topological polar surface area (TPSA) is 128 Å². The number of hydrogen-bond donors (Lipinski definition) is 2. The highest BCUT2D eigenvalue weighted by Gasteiger charge is 2.17. The van der Waals surface area contributed by atoms with Crippen LogP contribution in [-0.2, 0) is 16.4 Å². The zero-order chi connectivity index (χ0) is 20.1. The summed E-state index contributed by atoms with van der Waals surface area (Å²) in [6.07, 6.45) is 0.615. The monoisotopic (exact) mass is 398 g/mol. The van der Waals surface area contributed by atoms with Gasteiger partial charge in [0.2, 0.25) is 10.0 Å². The van der Waals surface area contributed by atoms with Gasteiger partial charge in [0.05, 0.1) is 9.82 Å². The van der Waals surface area contributed by atoms with Crippen molar-refractivity contribution in [2.45, 2.75) is 11.3 Å². The van der Waals surface area contributed by atoms with Gasteiger partial charge in [-0.3, -0.25) is 10.1 Å². The van der Waals surface area contributed by atoms with Crippen LogP contribution in [0.3, 0.4) is 0 Å². The second-order valence-electron chi connectivity index (χ2n) is 6.05. The molecule has 0 spiro atoms. The van der Waals surface area contributed by atoms with Crippen molar-refractivity contribution in [3.05, 3.63) is 82.4 Å². The summed E-state index contributed by atoms with van der Waals surface area (Å²) in [6.45, 7) is 0.522. The molecule has 1 aromatic heterocycles. The first kappa shape index (κ1) is 19.5. The zero-order valence-electron chi connectivity index (χ0n) is 14.8. The van der Waals surface area contributed by atoms with Crippen molar-refractivity contribution < 1.29 is 13.3 Å². The number of nitrogens with two attached hydrogens (primary N) is 1. The summed E-state index contributed by atoms with van der Waals surface area (Å²) in [5.41, 5.74) is 1.82. The van der Waals surface area contributed by atoms with E-state index in [-0.39, 0.29) is 10.6 Å². The Labute approximate surface area is 162 Å².